The van der Waals surface area contributed by atoms with Crippen molar-refractivity contribution in [3.05, 3.63) is 0 Å². The summed E-state index contributed by atoms with van der Waals surface area (Å²) in [5.41, 5.74) is 0. The van der Waals surface area contributed by atoms with Gasteiger partial charge in [0.1, 0.15) is 6.10 Å². The average molecular weight is 196 g/mol. The van der Waals surface area contributed by atoms with Crippen molar-refractivity contribution in [3.8, 4) is 0 Å². The molecule has 0 aliphatic carbocycles. The number of aliphatic hydroxyl groups is 5. The van der Waals surface area contributed by atoms with Gasteiger partial charge in [-0.25, -0.2) is 0 Å². The summed E-state index contributed by atoms with van der Waals surface area (Å²) in [7, 11) is 0. The molecule has 0 aromatic carbocycles. The van der Waals surface area contributed by atoms with Gasteiger partial charge in [-0.3, -0.25) is 0 Å². The zero-order chi connectivity index (χ0) is 10.3. The van der Waals surface area contributed by atoms with E-state index in [9.17, 15) is 0 Å². The van der Waals surface area contributed by atoms with E-state index in [1.165, 1.54) is 0 Å². The maximum atomic E-state index is 8.93. The summed E-state index contributed by atoms with van der Waals surface area (Å²) in [6.45, 7) is -0.967. The summed E-state index contributed by atoms with van der Waals surface area (Å²) in [5.74, 6) is 0. The van der Waals surface area contributed by atoms with Gasteiger partial charge in [-0.05, 0) is 6.42 Å². The molecule has 0 heterocycles. The molecule has 0 aromatic heterocycles. The van der Waals surface area contributed by atoms with Crippen molar-refractivity contribution in [1.82, 2.24) is 0 Å². The van der Waals surface area contributed by atoms with Gasteiger partial charge in [0.25, 0.3) is 0 Å². The minimum atomic E-state index is -1.46. The highest BCUT2D eigenvalue weighted by molar-refractivity contribution is 4.57. The summed E-state index contributed by atoms with van der Waals surface area (Å²) < 4.78 is 4.64. The van der Waals surface area contributed by atoms with Crippen LogP contribution in [0.4, 0.5) is 0 Å². The van der Waals surface area contributed by atoms with Crippen LogP contribution in [0, 0.1) is 0 Å². The Kier molecular flexibility index (Phi) is 7.06. The molecule has 0 bridgehead atoms. The number of ether oxygens (including phenoxy) is 1. The van der Waals surface area contributed by atoms with E-state index < -0.39 is 25.1 Å². The number of rotatable bonds is 7. The normalized spacial score (nSPS) is 18.2. The van der Waals surface area contributed by atoms with Gasteiger partial charge in [-0.1, -0.05) is 0 Å². The van der Waals surface area contributed by atoms with Gasteiger partial charge in [-0.15, -0.1) is 0 Å². The van der Waals surface area contributed by atoms with Gasteiger partial charge in [0, 0.05) is 0 Å². The van der Waals surface area contributed by atoms with E-state index in [0.29, 0.717) is 0 Å². The van der Waals surface area contributed by atoms with Gasteiger partial charge in [0.15, 0.2) is 6.29 Å². The Balaban J connectivity index is 3.41. The van der Waals surface area contributed by atoms with Crippen LogP contribution in [0.25, 0.3) is 0 Å². The van der Waals surface area contributed by atoms with Crippen LogP contribution < -0.4 is 0 Å². The Bertz CT molecular complexity index is 120. The van der Waals surface area contributed by atoms with Crippen molar-refractivity contribution < 1.29 is 30.3 Å². The minimum absolute atomic E-state index is 0.0000463. The zero-order valence-corrected chi connectivity index (χ0v) is 7.20. The summed E-state index contributed by atoms with van der Waals surface area (Å²) in [4.78, 5) is 0. The van der Waals surface area contributed by atoms with Crippen LogP contribution in [0.5, 0.6) is 0 Å². The molecule has 6 nitrogen and oxygen atoms in total. The molecule has 13 heavy (non-hydrogen) atoms. The standard InChI is InChI=1S/C7H16O6/c8-3-5(10)1-2-13-7(12)6(11)4-9/h5-12H,1-4H2. The number of aliphatic hydroxyl groups excluding tert-OH is 5. The highest BCUT2D eigenvalue weighted by Crippen LogP contribution is 1.98. The van der Waals surface area contributed by atoms with Crippen LogP contribution in [0.15, 0.2) is 0 Å². The monoisotopic (exact) mass is 196 g/mol. The molecule has 80 valence electrons. The fourth-order valence-corrected chi connectivity index (χ4v) is 0.617. The van der Waals surface area contributed by atoms with E-state index in [4.69, 9.17) is 25.5 Å². The Hall–Kier alpha value is -0.240. The smallest absolute Gasteiger partial charge is 0.183 e. The molecule has 0 spiro atoms. The fraction of sp³-hybridized carbons (Fsp3) is 1.00. The summed E-state index contributed by atoms with van der Waals surface area (Å²) in [5, 5.41) is 43.4. The predicted octanol–water partition coefficient (Wildman–Crippen LogP) is -2.58. The lowest BCUT2D eigenvalue weighted by atomic mass is 10.3. The lowest BCUT2D eigenvalue weighted by Gasteiger charge is -2.16. The second-order valence-electron chi connectivity index (χ2n) is 2.64. The first-order chi connectivity index (χ1) is 6.11. The molecule has 0 saturated heterocycles. The summed E-state index contributed by atoms with van der Waals surface area (Å²) in [6, 6.07) is 0. The topological polar surface area (TPSA) is 110 Å². The number of hydrogen-bond acceptors (Lipinski definition) is 6. The maximum Gasteiger partial charge on any atom is 0.183 e. The van der Waals surface area contributed by atoms with E-state index in [1.54, 1.807) is 0 Å². The average Bonchev–Trinajstić information content (AvgIpc) is 2.15. The molecule has 0 aliphatic heterocycles. The summed E-state index contributed by atoms with van der Waals surface area (Å²) >= 11 is 0. The first-order valence-electron chi connectivity index (χ1n) is 3.99. The molecule has 3 unspecified atom stereocenters. The van der Waals surface area contributed by atoms with Gasteiger partial charge in [0.2, 0.25) is 0 Å². The molecule has 0 amide bonds. The summed E-state index contributed by atoms with van der Waals surface area (Å²) in [6.07, 6.45) is -3.54. The third-order valence-electron chi connectivity index (χ3n) is 1.47. The molecule has 0 saturated carbocycles. The van der Waals surface area contributed by atoms with Crippen molar-refractivity contribution in [1.29, 1.82) is 0 Å². The van der Waals surface area contributed by atoms with E-state index in [1.807, 2.05) is 0 Å². The first kappa shape index (κ1) is 12.8. The molecule has 5 N–H and O–H groups in total. The lowest BCUT2D eigenvalue weighted by molar-refractivity contribution is -0.174. The minimum Gasteiger partial charge on any atom is -0.394 e. The van der Waals surface area contributed by atoms with E-state index in [-0.39, 0.29) is 19.6 Å². The fourth-order valence-electron chi connectivity index (χ4n) is 0.617. The largest absolute Gasteiger partial charge is 0.394 e. The van der Waals surface area contributed by atoms with Crippen LogP contribution in [0.3, 0.4) is 0 Å². The van der Waals surface area contributed by atoms with Crippen LogP contribution >= 0.6 is 0 Å². The van der Waals surface area contributed by atoms with Crippen LogP contribution in [-0.4, -0.2) is 63.9 Å². The van der Waals surface area contributed by atoms with Crippen molar-refractivity contribution in [2.24, 2.45) is 0 Å². The number of hydrogen-bond donors (Lipinski definition) is 5. The van der Waals surface area contributed by atoms with E-state index >= 15 is 0 Å². The molecule has 0 aliphatic rings. The molecule has 0 aromatic rings. The van der Waals surface area contributed by atoms with E-state index in [0.717, 1.165) is 0 Å². The molecule has 0 radical (unpaired) electrons. The quantitative estimate of drug-likeness (QED) is 0.286. The molecule has 3 atom stereocenters. The van der Waals surface area contributed by atoms with Gasteiger partial charge in [-0.2, -0.15) is 0 Å². The van der Waals surface area contributed by atoms with Gasteiger partial charge >= 0.3 is 0 Å². The third-order valence-corrected chi connectivity index (χ3v) is 1.47. The van der Waals surface area contributed by atoms with Gasteiger partial charge < -0.3 is 30.3 Å². The van der Waals surface area contributed by atoms with Crippen LogP contribution in [0.1, 0.15) is 6.42 Å². The second kappa shape index (κ2) is 7.19. The Morgan fingerprint density at radius 3 is 2.08 bits per heavy atom. The Labute approximate surface area is 76.0 Å². The molecule has 0 fully saturated rings. The maximum absolute atomic E-state index is 8.93. The molecule has 0 rings (SSSR count). The van der Waals surface area contributed by atoms with Gasteiger partial charge in [0.05, 0.1) is 25.9 Å². The lowest BCUT2D eigenvalue weighted by Crippen LogP contribution is -2.32. The predicted molar refractivity (Wildman–Crippen MR) is 42.8 cm³/mol. The zero-order valence-electron chi connectivity index (χ0n) is 7.20. The third kappa shape index (κ3) is 5.92. The SMILES string of the molecule is OCC(O)CCOC(O)C(O)CO. The Morgan fingerprint density at radius 1 is 1.00 bits per heavy atom. The van der Waals surface area contributed by atoms with Crippen molar-refractivity contribution in [2.45, 2.75) is 24.9 Å². The molecule has 6 heteroatoms. The molecular formula is C7H16O6. The highest BCUT2D eigenvalue weighted by atomic mass is 16.6. The molecular weight excluding hydrogens is 180 g/mol. The first-order valence-corrected chi connectivity index (χ1v) is 3.99. The van der Waals surface area contributed by atoms with Crippen molar-refractivity contribution in [3.63, 3.8) is 0 Å². The van der Waals surface area contributed by atoms with E-state index in [2.05, 4.69) is 4.74 Å². The van der Waals surface area contributed by atoms with Crippen LogP contribution in [0.2, 0.25) is 0 Å². The second-order valence-corrected chi connectivity index (χ2v) is 2.64. The van der Waals surface area contributed by atoms with Crippen molar-refractivity contribution >= 4 is 0 Å². The Morgan fingerprint density at radius 2 is 1.62 bits per heavy atom. The van der Waals surface area contributed by atoms with Crippen molar-refractivity contribution in [2.75, 3.05) is 19.8 Å². The van der Waals surface area contributed by atoms with Crippen LogP contribution in [-0.2, 0) is 4.74 Å². The highest BCUT2D eigenvalue weighted by Gasteiger charge is 2.15.